The maximum Gasteiger partial charge on any atom is 0.285 e. The number of hydrogen-bond acceptors (Lipinski definition) is 9. The second-order valence-corrected chi connectivity index (χ2v) is 10.6. The second-order valence-electron chi connectivity index (χ2n) is 8.69. The van der Waals surface area contributed by atoms with Gasteiger partial charge in [0, 0.05) is 38.0 Å². The van der Waals surface area contributed by atoms with Crippen LogP contribution >= 0.6 is 0 Å². The number of para-hydroxylation sites is 1. The van der Waals surface area contributed by atoms with Crippen molar-refractivity contribution in [3.63, 3.8) is 0 Å². The minimum atomic E-state index is -3.93. The van der Waals surface area contributed by atoms with Gasteiger partial charge in [-0.3, -0.25) is 9.59 Å². The van der Waals surface area contributed by atoms with Gasteiger partial charge in [0.15, 0.2) is 11.2 Å². The van der Waals surface area contributed by atoms with Crippen molar-refractivity contribution >= 4 is 26.9 Å². The summed E-state index contributed by atoms with van der Waals surface area (Å²) in [6.07, 6.45) is 2.17. The van der Waals surface area contributed by atoms with Crippen LogP contribution in [0, 0.1) is 0 Å². The molecule has 1 amide bonds. The predicted molar refractivity (Wildman–Crippen MR) is 142 cm³/mol. The summed E-state index contributed by atoms with van der Waals surface area (Å²) in [5.74, 6) is -0.559. The molecule has 0 radical (unpaired) electrons. The largest absolute Gasteiger partial charge is 0.497 e. The number of ether oxygens (including phenoxy) is 3. The average Bonchev–Trinajstić information content (AvgIpc) is 2.96. The molecule has 0 spiro atoms. The number of aliphatic hydroxyl groups excluding tert-OH is 1. The number of fused-ring (bicyclic) bond motifs is 1. The number of benzene rings is 2. The Morgan fingerprint density at radius 1 is 1.15 bits per heavy atom. The van der Waals surface area contributed by atoms with E-state index in [9.17, 15) is 23.1 Å². The van der Waals surface area contributed by atoms with Crippen molar-refractivity contribution in [2.45, 2.75) is 23.5 Å². The van der Waals surface area contributed by atoms with Crippen LogP contribution in [-0.2, 0) is 24.3 Å². The van der Waals surface area contributed by atoms with Crippen LogP contribution in [0.3, 0.4) is 0 Å². The molecular formula is C27H30N2O9S. The van der Waals surface area contributed by atoms with Crippen molar-refractivity contribution in [3.8, 4) is 5.75 Å². The van der Waals surface area contributed by atoms with Crippen LogP contribution in [0.1, 0.15) is 17.9 Å². The molecule has 4 rings (SSSR count). The lowest BCUT2D eigenvalue weighted by molar-refractivity contribution is -0.146. The highest BCUT2D eigenvalue weighted by Crippen LogP contribution is 2.31. The molecule has 0 unspecified atom stereocenters. The number of nitrogens with one attached hydrogen (secondary N) is 1. The number of sulfonamides is 1. The van der Waals surface area contributed by atoms with E-state index in [4.69, 9.17) is 18.6 Å². The van der Waals surface area contributed by atoms with Crippen LogP contribution in [0.15, 0.2) is 80.7 Å². The zero-order chi connectivity index (χ0) is 28.0. The maximum absolute atomic E-state index is 13.2. The van der Waals surface area contributed by atoms with Crippen molar-refractivity contribution in [2.24, 2.45) is 0 Å². The molecule has 39 heavy (non-hydrogen) atoms. The molecule has 0 saturated heterocycles. The first kappa shape index (κ1) is 28.3. The molecule has 0 aliphatic carbocycles. The van der Waals surface area contributed by atoms with Gasteiger partial charge in [-0.05, 0) is 42.5 Å². The molecule has 1 aliphatic heterocycles. The maximum atomic E-state index is 13.2. The number of rotatable bonds is 11. The summed E-state index contributed by atoms with van der Waals surface area (Å²) in [4.78, 5) is 25.6. The quantitative estimate of drug-likeness (QED) is 0.361. The normalized spacial score (nSPS) is 17.5. The highest BCUT2D eigenvalue weighted by atomic mass is 32.2. The molecule has 0 saturated carbocycles. The Hall–Kier alpha value is -3.71. The molecule has 2 N–H and O–H groups in total. The zero-order valence-corrected chi connectivity index (χ0v) is 22.3. The first-order valence-electron chi connectivity index (χ1n) is 12.3. The van der Waals surface area contributed by atoms with E-state index in [1.165, 1.54) is 44.7 Å². The molecule has 0 fully saturated rings. The molecule has 2 aromatic carbocycles. The minimum absolute atomic E-state index is 0.0237. The van der Waals surface area contributed by atoms with Crippen LogP contribution < -0.4 is 15.5 Å². The minimum Gasteiger partial charge on any atom is -0.497 e. The van der Waals surface area contributed by atoms with Gasteiger partial charge in [0.2, 0.25) is 16.3 Å². The molecule has 208 valence electrons. The molecular weight excluding hydrogens is 528 g/mol. The van der Waals surface area contributed by atoms with E-state index in [1.54, 1.807) is 30.3 Å². The number of allylic oxidation sites excluding steroid dienone is 1. The lowest BCUT2D eigenvalue weighted by Crippen LogP contribution is -2.38. The average molecular weight is 559 g/mol. The lowest BCUT2D eigenvalue weighted by Gasteiger charge is -2.29. The fourth-order valence-corrected chi connectivity index (χ4v) is 5.67. The Morgan fingerprint density at radius 3 is 2.59 bits per heavy atom. The third kappa shape index (κ3) is 6.31. The van der Waals surface area contributed by atoms with Crippen molar-refractivity contribution in [3.05, 3.63) is 82.4 Å². The van der Waals surface area contributed by atoms with Crippen molar-refractivity contribution in [2.75, 3.05) is 40.5 Å². The van der Waals surface area contributed by atoms with Crippen molar-refractivity contribution in [1.29, 1.82) is 0 Å². The zero-order valence-electron chi connectivity index (χ0n) is 21.5. The standard InChI is InChI=1S/C27H30N2O9S/c1-28-27(32)24-15-18(22-17-37-23-6-4-3-5-21(23)26(22)31)16-25(38-24)36-14-12-29(11-13-30)39(33,34)20-9-7-19(35-2)8-10-20/h3-10,15,17-18,25,30H,11-14,16H2,1-2H3,(H,28,32)/t18-,25+/m0/s1. The summed E-state index contributed by atoms with van der Waals surface area (Å²) in [6, 6.07) is 12.8. The van der Waals surface area contributed by atoms with Gasteiger partial charge in [0.25, 0.3) is 5.91 Å². The van der Waals surface area contributed by atoms with Crippen LogP contribution in [0.4, 0.5) is 0 Å². The fraction of sp³-hybridized carbons (Fsp3) is 0.333. The van der Waals surface area contributed by atoms with Gasteiger partial charge in [-0.25, -0.2) is 8.42 Å². The van der Waals surface area contributed by atoms with E-state index >= 15 is 0 Å². The third-order valence-corrected chi connectivity index (χ3v) is 8.22. The van der Waals surface area contributed by atoms with Gasteiger partial charge in [0.1, 0.15) is 11.3 Å². The number of carbonyl (C=O) groups excluding carboxylic acids is 1. The lowest BCUT2D eigenvalue weighted by atomic mass is 9.93. The number of likely N-dealkylation sites (N-methyl/N-ethyl adjacent to an activating group) is 1. The number of amides is 1. The van der Waals surface area contributed by atoms with E-state index in [2.05, 4.69) is 5.32 Å². The van der Waals surface area contributed by atoms with Crippen molar-refractivity contribution < 1.29 is 36.9 Å². The molecule has 3 aromatic rings. The fourth-order valence-electron chi connectivity index (χ4n) is 4.25. The molecule has 12 heteroatoms. The smallest absolute Gasteiger partial charge is 0.285 e. The van der Waals surface area contributed by atoms with Crippen LogP contribution in [0.25, 0.3) is 11.0 Å². The summed E-state index contributed by atoms with van der Waals surface area (Å²) in [6.45, 7) is -0.719. The summed E-state index contributed by atoms with van der Waals surface area (Å²) in [5, 5.41) is 12.4. The number of hydrogen-bond donors (Lipinski definition) is 2. The number of methoxy groups -OCH3 is 1. The summed E-state index contributed by atoms with van der Waals surface area (Å²) in [5.41, 5.74) is 0.564. The Bertz CT molecular complexity index is 1500. The van der Waals surface area contributed by atoms with Gasteiger partial charge in [-0.15, -0.1) is 0 Å². The van der Waals surface area contributed by atoms with Crippen LogP contribution in [0.5, 0.6) is 5.75 Å². The SMILES string of the molecule is CNC(=O)C1=C[C@H](c2coc3ccccc3c2=O)C[C@H](OCCN(CCO)S(=O)(=O)c2ccc(OC)cc2)O1. The van der Waals surface area contributed by atoms with Crippen LogP contribution in [0.2, 0.25) is 0 Å². The molecule has 11 nitrogen and oxygen atoms in total. The van der Waals surface area contributed by atoms with E-state index in [0.29, 0.717) is 22.3 Å². The summed E-state index contributed by atoms with van der Waals surface area (Å²) >= 11 is 0. The number of nitrogens with zero attached hydrogens (tertiary/aromatic N) is 1. The molecule has 2 heterocycles. The summed E-state index contributed by atoms with van der Waals surface area (Å²) < 4.78 is 49.7. The Morgan fingerprint density at radius 2 is 1.90 bits per heavy atom. The second kappa shape index (κ2) is 12.4. The van der Waals surface area contributed by atoms with E-state index in [0.717, 1.165) is 4.31 Å². The number of aliphatic hydroxyl groups is 1. The van der Waals surface area contributed by atoms with Gasteiger partial charge >= 0.3 is 0 Å². The molecule has 1 aromatic heterocycles. The highest BCUT2D eigenvalue weighted by molar-refractivity contribution is 7.89. The van der Waals surface area contributed by atoms with Gasteiger partial charge < -0.3 is 29.1 Å². The first-order chi connectivity index (χ1) is 18.8. The first-order valence-corrected chi connectivity index (χ1v) is 13.7. The van der Waals surface area contributed by atoms with Gasteiger partial charge in [0.05, 0.1) is 36.9 Å². The Kier molecular flexibility index (Phi) is 9.02. The van der Waals surface area contributed by atoms with Gasteiger partial charge in [-0.1, -0.05) is 12.1 Å². The van der Waals surface area contributed by atoms with E-state index in [1.807, 2.05) is 0 Å². The van der Waals surface area contributed by atoms with E-state index in [-0.39, 0.29) is 42.2 Å². The number of carbonyl (C=O) groups is 1. The highest BCUT2D eigenvalue weighted by Gasteiger charge is 2.31. The van der Waals surface area contributed by atoms with E-state index < -0.39 is 34.7 Å². The van der Waals surface area contributed by atoms with Crippen LogP contribution in [-0.4, -0.2) is 70.5 Å². The Labute approximate surface area is 225 Å². The predicted octanol–water partition coefficient (Wildman–Crippen LogP) is 1.96. The summed E-state index contributed by atoms with van der Waals surface area (Å²) in [7, 11) is -1.000. The van der Waals surface area contributed by atoms with Gasteiger partial charge in [-0.2, -0.15) is 4.31 Å². The third-order valence-electron chi connectivity index (χ3n) is 6.31. The van der Waals surface area contributed by atoms with Crippen molar-refractivity contribution in [1.82, 2.24) is 9.62 Å². The topological polar surface area (TPSA) is 145 Å². The monoisotopic (exact) mass is 558 g/mol. The molecule has 1 aliphatic rings. The molecule has 2 atom stereocenters. The molecule has 0 bridgehead atoms. The Balaban J connectivity index is 1.51.